The third-order valence-electron chi connectivity index (χ3n) is 3.22. The molecule has 0 spiro atoms. The molecule has 1 N–H and O–H groups in total. The molecular weight excluding hydrogens is 254 g/mol. The first kappa shape index (κ1) is 12.9. The van der Waals surface area contributed by atoms with Crippen molar-refractivity contribution in [3.05, 3.63) is 34.3 Å². The van der Waals surface area contributed by atoms with Crippen molar-refractivity contribution in [2.24, 2.45) is 0 Å². The molecular formula is C13H14ClNO3. The highest BCUT2D eigenvalue weighted by Gasteiger charge is 2.34. The molecule has 1 atom stereocenters. The molecule has 0 saturated carbocycles. The highest BCUT2D eigenvalue weighted by molar-refractivity contribution is 6.31. The second-order valence-corrected chi connectivity index (χ2v) is 4.87. The van der Waals surface area contributed by atoms with Gasteiger partial charge in [-0.15, -0.1) is 0 Å². The van der Waals surface area contributed by atoms with Crippen LogP contribution in [0.2, 0.25) is 5.02 Å². The number of carbonyl (C=O) groups is 2. The Labute approximate surface area is 110 Å². The Bertz CT molecular complexity index is 501. The minimum atomic E-state index is -0.945. The van der Waals surface area contributed by atoms with E-state index < -0.39 is 12.0 Å². The number of likely N-dealkylation sites (tertiary alicyclic amines) is 1. The summed E-state index contributed by atoms with van der Waals surface area (Å²) < 4.78 is 0. The summed E-state index contributed by atoms with van der Waals surface area (Å²) in [4.78, 5) is 24.7. The second kappa shape index (κ2) is 4.98. The summed E-state index contributed by atoms with van der Waals surface area (Å²) in [5, 5.41) is 9.58. The lowest BCUT2D eigenvalue weighted by Crippen LogP contribution is -2.40. The van der Waals surface area contributed by atoms with Crippen LogP contribution in [0.1, 0.15) is 28.8 Å². The van der Waals surface area contributed by atoms with E-state index in [-0.39, 0.29) is 5.91 Å². The van der Waals surface area contributed by atoms with E-state index >= 15 is 0 Å². The van der Waals surface area contributed by atoms with Gasteiger partial charge in [-0.1, -0.05) is 17.7 Å². The lowest BCUT2D eigenvalue weighted by Gasteiger charge is -2.21. The quantitative estimate of drug-likeness (QED) is 0.895. The topological polar surface area (TPSA) is 57.6 Å². The van der Waals surface area contributed by atoms with Crippen molar-refractivity contribution in [2.45, 2.75) is 25.8 Å². The van der Waals surface area contributed by atoms with Gasteiger partial charge in [0.15, 0.2) is 0 Å². The molecule has 1 heterocycles. The lowest BCUT2D eigenvalue weighted by molar-refractivity contribution is -0.141. The number of halogens is 1. The molecule has 5 heteroatoms. The minimum Gasteiger partial charge on any atom is -0.480 e. The van der Waals surface area contributed by atoms with E-state index in [0.717, 1.165) is 12.0 Å². The Kier molecular flexibility index (Phi) is 3.57. The van der Waals surface area contributed by atoms with Crippen LogP contribution in [0, 0.1) is 6.92 Å². The molecule has 1 aliphatic rings. The van der Waals surface area contributed by atoms with Gasteiger partial charge in [-0.3, -0.25) is 4.79 Å². The molecule has 0 aliphatic carbocycles. The van der Waals surface area contributed by atoms with Crippen LogP contribution in [0.15, 0.2) is 18.2 Å². The van der Waals surface area contributed by atoms with Crippen molar-refractivity contribution in [3.8, 4) is 0 Å². The van der Waals surface area contributed by atoms with Crippen molar-refractivity contribution in [3.63, 3.8) is 0 Å². The number of aliphatic carboxylic acids is 1. The first-order chi connectivity index (χ1) is 8.50. The van der Waals surface area contributed by atoms with Crippen molar-refractivity contribution in [1.29, 1.82) is 0 Å². The van der Waals surface area contributed by atoms with E-state index in [1.165, 1.54) is 4.90 Å². The summed E-state index contributed by atoms with van der Waals surface area (Å²) in [7, 11) is 0. The number of amides is 1. The van der Waals surface area contributed by atoms with Crippen LogP contribution in [-0.4, -0.2) is 34.5 Å². The fourth-order valence-corrected chi connectivity index (χ4v) is 2.34. The summed E-state index contributed by atoms with van der Waals surface area (Å²) in [5.41, 5.74) is 1.34. The Morgan fingerprint density at radius 2 is 2.17 bits per heavy atom. The van der Waals surface area contributed by atoms with Gasteiger partial charge in [0.25, 0.3) is 5.91 Å². The lowest BCUT2D eigenvalue weighted by atomic mass is 10.1. The Morgan fingerprint density at radius 1 is 1.44 bits per heavy atom. The average molecular weight is 268 g/mol. The molecule has 0 bridgehead atoms. The van der Waals surface area contributed by atoms with E-state index in [4.69, 9.17) is 16.7 Å². The predicted molar refractivity (Wildman–Crippen MR) is 67.9 cm³/mol. The first-order valence-electron chi connectivity index (χ1n) is 5.80. The van der Waals surface area contributed by atoms with Gasteiger partial charge >= 0.3 is 5.97 Å². The molecule has 2 rings (SSSR count). The fraction of sp³-hybridized carbons (Fsp3) is 0.385. The Hall–Kier alpha value is -1.55. The minimum absolute atomic E-state index is 0.262. The maximum atomic E-state index is 12.2. The molecule has 1 aliphatic heterocycles. The van der Waals surface area contributed by atoms with Crippen molar-refractivity contribution in [2.75, 3.05) is 6.54 Å². The van der Waals surface area contributed by atoms with Crippen molar-refractivity contribution >= 4 is 23.5 Å². The molecule has 1 amide bonds. The summed E-state index contributed by atoms with van der Waals surface area (Å²) >= 11 is 5.98. The predicted octanol–water partition coefficient (Wildman–Crippen LogP) is 2.34. The SMILES string of the molecule is Cc1ccc(C(=O)N2CCC[C@@H]2C(=O)O)cc1Cl. The Morgan fingerprint density at radius 3 is 2.78 bits per heavy atom. The van der Waals surface area contributed by atoms with Crippen LogP contribution < -0.4 is 0 Å². The molecule has 1 fully saturated rings. The van der Waals surface area contributed by atoms with E-state index in [9.17, 15) is 9.59 Å². The van der Waals surface area contributed by atoms with Crippen LogP contribution in [0.5, 0.6) is 0 Å². The van der Waals surface area contributed by atoms with Crippen LogP contribution in [0.4, 0.5) is 0 Å². The van der Waals surface area contributed by atoms with Crippen LogP contribution in [-0.2, 0) is 4.79 Å². The standard InChI is InChI=1S/C13H14ClNO3/c1-8-4-5-9(7-10(8)14)12(16)15-6-2-3-11(15)13(17)18/h4-5,7,11H,2-3,6H2,1H3,(H,17,18)/t11-/m1/s1. The van der Waals surface area contributed by atoms with Crippen molar-refractivity contribution in [1.82, 2.24) is 4.90 Å². The van der Waals surface area contributed by atoms with Crippen LogP contribution in [0.25, 0.3) is 0 Å². The number of rotatable bonds is 2. The summed E-state index contributed by atoms with van der Waals surface area (Å²) in [6.45, 7) is 2.34. The van der Waals surface area contributed by atoms with Gasteiger partial charge in [0.1, 0.15) is 6.04 Å². The molecule has 0 unspecified atom stereocenters. The van der Waals surface area contributed by atoms with Gasteiger partial charge in [-0.05, 0) is 37.5 Å². The van der Waals surface area contributed by atoms with E-state index in [1.807, 2.05) is 6.92 Å². The summed E-state index contributed by atoms with van der Waals surface area (Å²) in [6, 6.07) is 4.33. The first-order valence-corrected chi connectivity index (χ1v) is 6.18. The third kappa shape index (κ3) is 2.34. The van der Waals surface area contributed by atoms with Gasteiger partial charge < -0.3 is 10.0 Å². The number of nitrogens with zero attached hydrogens (tertiary/aromatic N) is 1. The molecule has 96 valence electrons. The number of carboxylic acids is 1. The van der Waals surface area contributed by atoms with E-state index in [1.54, 1.807) is 18.2 Å². The molecule has 1 saturated heterocycles. The average Bonchev–Trinajstić information content (AvgIpc) is 2.81. The molecule has 18 heavy (non-hydrogen) atoms. The number of carboxylic acid groups (broad SMARTS) is 1. The van der Waals surface area contributed by atoms with Crippen LogP contribution >= 0.6 is 11.6 Å². The highest BCUT2D eigenvalue weighted by atomic mass is 35.5. The highest BCUT2D eigenvalue weighted by Crippen LogP contribution is 2.23. The van der Waals surface area contributed by atoms with Gasteiger partial charge in [0, 0.05) is 17.1 Å². The number of carbonyl (C=O) groups excluding carboxylic acids is 1. The number of benzene rings is 1. The molecule has 0 radical (unpaired) electrons. The zero-order valence-corrected chi connectivity index (χ0v) is 10.8. The number of hydrogen-bond acceptors (Lipinski definition) is 2. The molecule has 1 aromatic carbocycles. The van der Waals surface area contributed by atoms with Gasteiger partial charge in [0.05, 0.1) is 0 Å². The largest absolute Gasteiger partial charge is 0.480 e. The molecule has 1 aromatic rings. The van der Waals surface area contributed by atoms with Crippen molar-refractivity contribution < 1.29 is 14.7 Å². The fourth-order valence-electron chi connectivity index (χ4n) is 2.16. The maximum absolute atomic E-state index is 12.2. The molecule has 0 aromatic heterocycles. The summed E-state index contributed by atoms with van der Waals surface area (Å²) in [6.07, 6.45) is 1.24. The van der Waals surface area contributed by atoms with Gasteiger partial charge in [-0.25, -0.2) is 4.79 Å². The normalized spacial score (nSPS) is 19.0. The van der Waals surface area contributed by atoms with Gasteiger partial charge in [0.2, 0.25) is 0 Å². The number of aryl methyl sites for hydroxylation is 1. The van der Waals surface area contributed by atoms with E-state index in [2.05, 4.69) is 0 Å². The third-order valence-corrected chi connectivity index (χ3v) is 3.62. The van der Waals surface area contributed by atoms with Gasteiger partial charge in [-0.2, -0.15) is 0 Å². The van der Waals surface area contributed by atoms with Crippen LogP contribution in [0.3, 0.4) is 0 Å². The second-order valence-electron chi connectivity index (χ2n) is 4.46. The summed E-state index contributed by atoms with van der Waals surface area (Å²) in [5.74, 6) is -1.21. The Balaban J connectivity index is 2.25. The monoisotopic (exact) mass is 267 g/mol. The molecule has 4 nitrogen and oxygen atoms in total. The maximum Gasteiger partial charge on any atom is 0.326 e. The smallest absolute Gasteiger partial charge is 0.326 e. The zero-order valence-electron chi connectivity index (χ0n) is 10.0. The zero-order chi connectivity index (χ0) is 13.3. The number of hydrogen-bond donors (Lipinski definition) is 1. The van der Waals surface area contributed by atoms with E-state index in [0.29, 0.717) is 23.6 Å².